The third-order valence-corrected chi connectivity index (χ3v) is 6.55. The maximum atomic E-state index is 13.8. The minimum absolute atomic E-state index is 0.0625. The molecule has 5 nitrogen and oxygen atoms in total. The van der Waals surface area contributed by atoms with Gasteiger partial charge in [-0.3, -0.25) is 14.6 Å². The second-order valence-electron chi connectivity index (χ2n) is 8.44. The maximum absolute atomic E-state index is 13.8. The number of nitrogens with one attached hydrogen (secondary N) is 1. The summed E-state index contributed by atoms with van der Waals surface area (Å²) < 4.78 is 13.5. The summed E-state index contributed by atoms with van der Waals surface area (Å²) >= 11 is 12.2. The van der Waals surface area contributed by atoms with E-state index >= 15 is 0 Å². The first-order valence-electron chi connectivity index (χ1n) is 11.3. The van der Waals surface area contributed by atoms with E-state index in [4.69, 9.17) is 28.2 Å². The van der Waals surface area contributed by atoms with Gasteiger partial charge in [0.15, 0.2) is 0 Å². The Bertz CT molecular complexity index is 1300. The molecule has 8 heteroatoms. The highest BCUT2D eigenvalue weighted by Gasteiger charge is 2.35. The lowest BCUT2D eigenvalue weighted by molar-refractivity contribution is -0.123. The van der Waals surface area contributed by atoms with Crippen molar-refractivity contribution in [1.29, 1.82) is 0 Å². The van der Waals surface area contributed by atoms with Crippen LogP contribution in [0.25, 0.3) is 0 Å². The molecular weight excluding hydrogens is 488 g/mol. The Labute approximate surface area is 213 Å². The summed E-state index contributed by atoms with van der Waals surface area (Å²) in [7, 11) is 0. The van der Waals surface area contributed by atoms with Gasteiger partial charge in [0.1, 0.15) is 18.4 Å². The van der Waals surface area contributed by atoms with E-state index in [0.29, 0.717) is 27.7 Å². The number of benzodiazepines with no additional fused rings is 1. The maximum Gasteiger partial charge on any atom is 0.252 e. The van der Waals surface area contributed by atoms with E-state index in [1.165, 1.54) is 23.1 Å². The van der Waals surface area contributed by atoms with Gasteiger partial charge in [0, 0.05) is 21.8 Å². The number of carbonyl (C=O) groups excluding carboxylic acids is 2. The van der Waals surface area contributed by atoms with Gasteiger partial charge in [0.2, 0.25) is 5.91 Å². The zero-order chi connectivity index (χ0) is 25.1. The van der Waals surface area contributed by atoms with Crippen LogP contribution in [0.5, 0.6) is 0 Å². The van der Waals surface area contributed by atoms with E-state index < -0.39 is 17.8 Å². The molecule has 0 fully saturated rings. The molecular formula is C27H24Cl2FN3O2. The SMILES string of the molecule is CCC(C)C1N=C(c2ccccc2)c2cc(Cl)ccc2N(CC(=O)Nc2ccc(F)c(Cl)c2)C1=O. The Morgan fingerprint density at radius 2 is 1.86 bits per heavy atom. The first kappa shape index (κ1) is 24.9. The number of hydrogen-bond acceptors (Lipinski definition) is 3. The van der Waals surface area contributed by atoms with Gasteiger partial charge in [-0.1, -0.05) is 73.8 Å². The number of halogens is 3. The number of anilines is 2. The summed E-state index contributed by atoms with van der Waals surface area (Å²) in [5.41, 5.74) is 3.04. The molecule has 1 aliphatic rings. The van der Waals surface area contributed by atoms with Crippen molar-refractivity contribution >= 4 is 52.1 Å². The molecule has 1 N–H and O–H groups in total. The molecule has 1 aliphatic heterocycles. The van der Waals surface area contributed by atoms with Crippen molar-refractivity contribution in [2.45, 2.75) is 26.3 Å². The lowest BCUT2D eigenvalue weighted by Gasteiger charge is -2.26. The fraction of sp³-hybridized carbons (Fsp3) is 0.222. The van der Waals surface area contributed by atoms with Gasteiger partial charge >= 0.3 is 0 Å². The topological polar surface area (TPSA) is 61.8 Å². The average molecular weight is 512 g/mol. The van der Waals surface area contributed by atoms with Gasteiger partial charge in [-0.05, 0) is 42.3 Å². The highest BCUT2D eigenvalue weighted by Crippen LogP contribution is 2.33. The van der Waals surface area contributed by atoms with Crippen LogP contribution in [-0.4, -0.2) is 30.1 Å². The lowest BCUT2D eigenvalue weighted by atomic mass is 9.98. The molecule has 4 rings (SSSR count). The molecule has 2 amide bonds. The smallest absolute Gasteiger partial charge is 0.252 e. The van der Waals surface area contributed by atoms with Gasteiger partial charge in [0.25, 0.3) is 5.91 Å². The van der Waals surface area contributed by atoms with Crippen LogP contribution in [0.3, 0.4) is 0 Å². The van der Waals surface area contributed by atoms with Crippen molar-refractivity contribution in [2.75, 3.05) is 16.8 Å². The number of aliphatic imine (C=N–C) groups is 1. The predicted molar refractivity (Wildman–Crippen MR) is 139 cm³/mol. The predicted octanol–water partition coefficient (Wildman–Crippen LogP) is 6.37. The van der Waals surface area contributed by atoms with Gasteiger partial charge in [0.05, 0.1) is 16.4 Å². The first-order chi connectivity index (χ1) is 16.8. The van der Waals surface area contributed by atoms with E-state index in [-0.39, 0.29) is 23.4 Å². The van der Waals surface area contributed by atoms with Gasteiger partial charge in [-0.15, -0.1) is 0 Å². The molecule has 0 saturated heterocycles. The Kier molecular flexibility index (Phi) is 7.53. The molecule has 180 valence electrons. The fourth-order valence-corrected chi connectivity index (χ4v) is 4.33. The Morgan fingerprint density at radius 3 is 2.54 bits per heavy atom. The molecule has 0 aromatic heterocycles. The molecule has 3 aromatic rings. The van der Waals surface area contributed by atoms with Crippen molar-refractivity contribution in [1.82, 2.24) is 0 Å². The molecule has 0 radical (unpaired) electrons. The fourth-order valence-electron chi connectivity index (χ4n) is 3.98. The number of benzene rings is 3. The number of amides is 2. The summed E-state index contributed by atoms with van der Waals surface area (Å²) in [5, 5.41) is 3.08. The van der Waals surface area contributed by atoms with E-state index in [1.807, 2.05) is 44.2 Å². The molecule has 35 heavy (non-hydrogen) atoms. The van der Waals surface area contributed by atoms with Crippen LogP contribution in [0, 0.1) is 11.7 Å². The van der Waals surface area contributed by atoms with Crippen LogP contribution in [-0.2, 0) is 9.59 Å². The van der Waals surface area contributed by atoms with Crippen LogP contribution in [0.2, 0.25) is 10.0 Å². The summed E-state index contributed by atoms with van der Waals surface area (Å²) in [6, 6.07) is 18.0. The van der Waals surface area contributed by atoms with E-state index in [0.717, 1.165) is 12.0 Å². The number of rotatable bonds is 6. The lowest BCUT2D eigenvalue weighted by Crippen LogP contribution is -2.44. The summed E-state index contributed by atoms with van der Waals surface area (Å²) in [5.74, 6) is -1.37. The molecule has 2 unspecified atom stereocenters. The van der Waals surface area contributed by atoms with E-state index in [2.05, 4.69) is 5.32 Å². The standard InChI is InChI=1S/C27H24Cl2FN3O2/c1-3-16(2)25-27(35)33(15-24(34)31-19-10-11-22(30)21(29)14-19)23-12-9-18(28)13-20(23)26(32-25)17-7-5-4-6-8-17/h4-14,16,25H,3,15H2,1-2H3,(H,31,34). The number of nitrogens with zero attached hydrogens (tertiary/aromatic N) is 2. The van der Waals surface area contributed by atoms with Gasteiger partial charge in [-0.25, -0.2) is 4.39 Å². The molecule has 0 aliphatic carbocycles. The number of hydrogen-bond donors (Lipinski definition) is 1. The minimum atomic E-state index is -0.686. The van der Waals surface area contributed by atoms with E-state index in [9.17, 15) is 14.0 Å². The van der Waals surface area contributed by atoms with Crippen LogP contribution in [0.4, 0.5) is 15.8 Å². The Balaban J connectivity index is 1.76. The average Bonchev–Trinajstić information content (AvgIpc) is 2.96. The van der Waals surface area contributed by atoms with Gasteiger partial charge in [-0.2, -0.15) is 0 Å². The van der Waals surface area contributed by atoms with Crippen molar-refractivity contribution in [3.05, 3.63) is 93.7 Å². The summed E-state index contributed by atoms with van der Waals surface area (Å²) in [4.78, 5) is 33.2. The monoisotopic (exact) mass is 511 g/mol. The van der Waals surface area contributed by atoms with Crippen LogP contribution in [0.1, 0.15) is 31.4 Å². The van der Waals surface area contributed by atoms with Crippen molar-refractivity contribution in [3.63, 3.8) is 0 Å². The minimum Gasteiger partial charge on any atom is -0.324 e. The molecule has 2 atom stereocenters. The zero-order valence-corrected chi connectivity index (χ0v) is 20.8. The van der Waals surface area contributed by atoms with Crippen molar-refractivity contribution in [3.8, 4) is 0 Å². The van der Waals surface area contributed by atoms with Gasteiger partial charge < -0.3 is 10.2 Å². The molecule has 0 saturated carbocycles. The van der Waals surface area contributed by atoms with E-state index in [1.54, 1.807) is 18.2 Å². The summed E-state index contributed by atoms with van der Waals surface area (Å²) in [6.07, 6.45) is 0.729. The third kappa shape index (κ3) is 5.39. The Morgan fingerprint density at radius 1 is 1.11 bits per heavy atom. The van der Waals surface area contributed by atoms with Crippen molar-refractivity contribution in [2.24, 2.45) is 10.9 Å². The summed E-state index contributed by atoms with van der Waals surface area (Å²) in [6.45, 7) is 3.71. The van der Waals surface area contributed by atoms with Crippen LogP contribution in [0.15, 0.2) is 71.7 Å². The molecule has 0 bridgehead atoms. The Hall–Kier alpha value is -3.22. The molecule has 0 spiro atoms. The third-order valence-electron chi connectivity index (χ3n) is 6.03. The number of carbonyl (C=O) groups is 2. The first-order valence-corrected chi connectivity index (χ1v) is 12.0. The highest BCUT2D eigenvalue weighted by atomic mass is 35.5. The quantitative estimate of drug-likeness (QED) is 0.417. The molecule has 3 aromatic carbocycles. The highest BCUT2D eigenvalue weighted by molar-refractivity contribution is 6.32. The largest absolute Gasteiger partial charge is 0.324 e. The van der Waals surface area contributed by atoms with Crippen molar-refractivity contribution < 1.29 is 14.0 Å². The van der Waals surface area contributed by atoms with Crippen LogP contribution < -0.4 is 10.2 Å². The zero-order valence-electron chi connectivity index (χ0n) is 19.3. The molecule has 1 heterocycles. The normalized spacial score (nSPS) is 16.3. The second-order valence-corrected chi connectivity index (χ2v) is 9.28. The van der Waals surface area contributed by atoms with Crippen LogP contribution >= 0.6 is 23.2 Å². The number of fused-ring (bicyclic) bond motifs is 1. The second kappa shape index (κ2) is 10.6.